The van der Waals surface area contributed by atoms with Crippen molar-refractivity contribution >= 4 is 11.6 Å². The molecule has 2 nitrogen and oxygen atoms in total. The molecule has 3 heteroatoms. The summed E-state index contributed by atoms with van der Waals surface area (Å²) in [5, 5.41) is 0. The molecule has 0 bridgehead atoms. The molecular formula is C14H23ClN2. The van der Waals surface area contributed by atoms with Crippen LogP contribution in [0.2, 0.25) is 0 Å². The molecule has 1 rings (SSSR count). The topological polar surface area (TPSA) is 16.1 Å². The molecule has 0 aliphatic carbocycles. The first kappa shape index (κ1) is 14.5. The molecule has 1 aromatic heterocycles. The van der Waals surface area contributed by atoms with Crippen LogP contribution < -0.4 is 0 Å². The number of hydrogen-bond donors (Lipinski definition) is 0. The molecule has 17 heavy (non-hydrogen) atoms. The van der Waals surface area contributed by atoms with Crippen molar-refractivity contribution in [2.45, 2.75) is 32.1 Å². The number of unbranched alkanes of at least 4 members (excludes halogenated alkanes) is 3. The maximum atomic E-state index is 5.64. The molecule has 0 aliphatic rings. The van der Waals surface area contributed by atoms with Crippen LogP contribution in [-0.4, -0.2) is 35.9 Å². The molecule has 0 aromatic carbocycles. The lowest BCUT2D eigenvalue weighted by atomic mass is 10.2. The summed E-state index contributed by atoms with van der Waals surface area (Å²) in [5.74, 6) is 0.801. The van der Waals surface area contributed by atoms with E-state index in [1.807, 2.05) is 12.3 Å². The van der Waals surface area contributed by atoms with Crippen LogP contribution in [0.1, 0.15) is 31.4 Å². The Morgan fingerprint density at radius 3 is 2.65 bits per heavy atom. The highest BCUT2D eigenvalue weighted by atomic mass is 35.5. The number of nitrogens with zero attached hydrogens (tertiary/aromatic N) is 2. The van der Waals surface area contributed by atoms with Gasteiger partial charge in [0, 0.05) is 30.7 Å². The molecule has 0 N–H and O–H groups in total. The van der Waals surface area contributed by atoms with Gasteiger partial charge in [-0.3, -0.25) is 4.98 Å². The molecule has 1 heterocycles. The summed E-state index contributed by atoms with van der Waals surface area (Å²) in [6.45, 7) is 2.27. The number of alkyl halides is 1. The predicted molar refractivity (Wildman–Crippen MR) is 74.6 cm³/mol. The molecular weight excluding hydrogens is 232 g/mol. The Morgan fingerprint density at radius 1 is 1.12 bits per heavy atom. The van der Waals surface area contributed by atoms with E-state index in [-0.39, 0.29) is 0 Å². The Bertz CT molecular complexity index is 277. The number of pyridine rings is 1. The first-order valence-corrected chi connectivity index (χ1v) is 7.01. The van der Waals surface area contributed by atoms with Gasteiger partial charge in [0.05, 0.1) is 0 Å². The first-order valence-electron chi connectivity index (χ1n) is 6.47. The number of likely N-dealkylation sites (N-methyl/N-ethyl adjacent to an activating group) is 1. The van der Waals surface area contributed by atoms with Crippen molar-refractivity contribution in [1.29, 1.82) is 0 Å². The third-order valence-electron chi connectivity index (χ3n) is 2.90. The Balaban J connectivity index is 2.03. The first-order chi connectivity index (χ1) is 8.33. The fraction of sp³-hybridized carbons (Fsp3) is 0.643. The molecule has 0 spiro atoms. The monoisotopic (exact) mass is 254 g/mol. The van der Waals surface area contributed by atoms with Crippen LogP contribution in [-0.2, 0) is 6.42 Å². The van der Waals surface area contributed by atoms with Crippen molar-refractivity contribution in [1.82, 2.24) is 9.88 Å². The van der Waals surface area contributed by atoms with E-state index in [1.165, 1.54) is 31.5 Å². The lowest BCUT2D eigenvalue weighted by Gasteiger charge is -2.15. The third kappa shape index (κ3) is 7.35. The van der Waals surface area contributed by atoms with E-state index in [4.69, 9.17) is 11.6 Å². The number of halogens is 1. The zero-order chi connectivity index (χ0) is 12.3. The molecule has 0 aliphatic heterocycles. The smallest absolute Gasteiger partial charge is 0.0416 e. The van der Waals surface area contributed by atoms with E-state index >= 15 is 0 Å². The zero-order valence-corrected chi connectivity index (χ0v) is 11.5. The van der Waals surface area contributed by atoms with E-state index in [0.717, 1.165) is 25.3 Å². The van der Waals surface area contributed by atoms with E-state index in [0.29, 0.717) is 0 Å². The second-order valence-electron chi connectivity index (χ2n) is 4.48. The standard InChI is InChI=1S/C14H23ClN2/c1-17(12-7-3-2-5-10-15)13-9-14-8-4-6-11-16-14/h4,6,8,11H,2-3,5,7,9-10,12-13H2,1H3. The summed E-state index contributed by atoms with van der Waals surface area (Å²) in [6.07, 6.45) is 7.88. The number of rotatable bonds is 9. The summed E-state index contributed by atoms with van der Waals surface area (Å²) in [7, 11) is 2.19. The quantitative estimate of drug-likeness (QED) is 0.496. The summed E-state index contributed by atoms with van der Waals surface area (Å²) in [6, 6.07) is 6.10. The Labute approximate surface area is 110 Å². The number of hydrogen-bond acceptors (Lipinski definition) is 2. The lowest BCUT2D eigenvalue weighted by molar-refractivity contribution is 0.327. The molecule has 96 valence electrons. The molecule has 0 atom stereocenters. The van der Waals surface area contributed by atoms with E-state index in [2.05, 4.69) is 29.1 Å². The van der Waals surface area contributed by atoms with Gasteiger partial charge < -0.3 is 4.90 Å². The van der Waals surface area contributed by atoms with Crippen LogP contribution in [0, 0.1) is 0 Å². The maximum Gasteiger partial charge on any atom is 0.0416 e. The van der Waals surface area contributed by atoms with Crippen molar-refractivity contribution in [3.8, 4) is 0 Å². The van der Waals surface area contributed by atoms with Crippen molar-refractivity contribution < 1.29 is 0 Å². The van der Waals surface area contributed by atoms with E-state index < -0.39 is 0 Å². The minimum absolute atomic E-state index is 0.801. The minimum Gasteiger partial charge on any atom is -0.306 e. The van der Waals surface area contributed by atoms with Gasteiger partial charge in [-0.25, -0.2) is 0 Å². The Hall–Kier alpha value is -0.600. The van der Waals surface area contributed by atoms with Gasteiger partial charge in [0.1, 0.15) is 0 Å². The van der Waals surface area contributed by atoms with Crippen molar-refractivity contribution in [2.24, 2.45) is 0 Å². The Kier molecular flexibility index (Phi) is 8.02. The lowest BCUT2D eigenvalue weighted by Crippen LogP contribution is -2.22. The van der Waals surface area contributed by atoms with Crippen molar-refractivity contribution in [3.05, 3.63) is 30.1 Å². The number of aromatic nitrogens is 1. The van der Waals surface area contributed by atoms with Gasteiger partial charge in [0.2, 0.25) is 0 Å². The molecule has 0 fully saturated rings. The largest absolute Gasteiger partial charge is 0.306 e. The highest BCUT2D eigenvalue weighted by Crippen LogP contribution is 2.03. The van der Waals surface area contributed by atoms with E-state index in [1.54, 1.807) is 0 Å². The maximum absolute atomic E-state index is 5.64. The van der Waals surface area contributed by atoms with Gasteiger partial charge in [0.15, 0.2) is 0 Å². The highest BCUT2D eigenvalue weighted by molar-refractivity contribution is 6.17. The van der Waals surface area contributed by atoms with E-state index in [9.17, 15) is 0 Å². The van der Waals surface area contributed by atoms with Crippen molar-refractivity contribution in [3.63, 3.8) is 0 Å². The highest BCUT2D eigenvalue weighted by Gasteiger charge is 1.99. The fourth-order valence-electron chi connectivity index (χ4n) is 1.79. The predicted octanol–water partition coefficient (Wildman–Crippen LogP) is 3.36. The van der Waals surface area contributed by atoms with Gasteiger partial charge in [0.25, 0.3) is 0 Å². The van der Waals surface area contributed by atoms with Crippen LogP contribution in [0.15, 0.2) is 24.4 Å². The molecule has 0 saturated carbocycles. The normalized spacial score (nSPS) is 11.0. The summed E-state index contributed by atoms with van der Waals surface area (Å²) < 4.78 is 0. The van der Waals surface area contributed by atoms with Gasteiger partial charge in [-0.05, 0) is 38.6 Å². The van der Waals surface area contributed by atoms with Crippen LogP contribution in [0.4, 0.5) is 0 Å². The Morgan fingerprint density at radius 2 is 1.94 bits per heavy atom. The van der Waals surface area contributed by atoms with Gasteiger partial charge >= 0.3 is 0 Å². The van der Waals surface area contributed by atoms with Crippen LogP contribution in [0.25, 0.3) is 0 Å². The van der Waals surface area contributed by atoms with Crippen molar-refractivity contribution in [2.75, 3.05) is 26.0 Å². The molecule has 0 radical (unpaired) electrons. The van der Waals surface area contributed by atoms with Crippen LogP contribution in [0.5, 0.6) is 0 Å². The average molecular weight is 255 g/mol. The van der Waals surface area contributed by atoms with Gasteiger partial charge in [-0.2, -0.15) is 0 Å². The minimum atomic E-state index is 0.801. The fourth-order valence-corrected chi connectivity index (χ4v) is 1.98. The van der Waals surface area contributed by atoms with Crippen LogP contribution >= 0.6 is 11.6 Å². The zero-order valence-electron chi connectivity index (χ0n) is 10.7. The molecule has 1 aromatic rings. The van der Waals surface area contributed by atoms with Gasteiger partial charge in [-0.15, -0.1) is 11.6 Å². The van der Waals surface area contributed by atoms with Crippen LogP contribution in [0.3, 0.4) is 0 Å². The molecule has 0 unspecified atom stereocenters. The second-order valence-corrected chi connectivity index (χ2v) is 4.86. The summed E-state index contributed by atoms with van der Waals surface area (Å²) >= 11 is 5.64. The average Bonchev–Trinajstić information content (AvgIpc) is 2.37. The molecule has 0 saturated heterocycles. The summed E-state index contributed by atoms with van der Waals surface area (Å²) in [5.41, 5.74) is 1.18. The van der Waals surface area contributed by atoms with Gasteiger partial charge in [-0.1, -0.05) is 18.9 Å². The SMILES string of the molecule is CN(CCCCCCCl)CCc1ccccn1. The molecule has 0 amide bonds. The summed E-state index contributed by atoms with van der Waals surface area (Å²) in [4.78, 5) is 6.71. The second kappa shape index (κ2) is 9.43. The third-order valence-corrected chi connectivity index (χ3v) is 3.17.